The fourth-order valence-corrected chi connectivity index (χ4v) is 2.42. The zero-order chi connectivity index (χ0) is 17.5. The molecule has 0 amide bonds. The van der Waals surface area contributed by atoms with Gasteiger partial charge < -0.3 is 24.8 Å². The Bertz CT molecular complexity index is 729. The smallest absolute Gasteiger partial charge is 0.161 e. The first-order chi connectivity index (χ1) is 11.7. The summed E-state index contributed by atoms with van der Waals surface area (Å²) in [5, 5.41) is 3.93. The molecule has 6 heteroatoms. The monoisotopic (exact) mass is 330 g/mol. The summed E-state index contributed by atoms with van der Waals surface area (Å²) in [6.07, 6.45) is 0.548. The maximum Gasteiger partial charge on any atom is 0.161 e. The molecule has 0 saturated heterocycles. The molecule has 0 fully saturated rings. The van der Waals surface area contributed by atoms with Crippen LogP contribution in [0, 0.1) is 0 Å². The standard InChI is InChI=1S/C18H22N2O4/c1-21-15-7-5-12(10-17(15)23-3)9-14(20-19)13-6-8-16(22-2)18(11-13)24-4/h5-8,10-11H,9,19H2,1-4H3/b20-14-. The molecule has 0 atom stereocenters. The summed E-state index contributed by atoms with van der Waals surface area (Å²) in [6, 6.07) is 11.3. The third-order valence-corrected chi connectivity index (χ3v) is 3.69. The Morgan fingerprint density at radius 3 is 1.88 bits per heavy atom. The number of benzene rings is 2. The van der Waals surface area contributed by atoms with Crippen molar-refractivity contribution in [2.45, 2.75) is 6.42 Å². The molecule has 0 saturated carbocycles. The molecule has 0 aliphatic rings. The highest BCUT2D eigenvalue weighted by Gasteiger charge is 2.12. The van der Waals surface area contributed by atoms with E-state index in [2.05, 4.69) is 5.10 Å². The van der Waals surface area contributed by atoms with Crippen LogP contribution in [0.25, 0.3) is 0 Å². The molecular formula is C18H22N2O4. The Kier molecular flexibility index (Phi) is 5.89. The molecule has 0 spiro atoms. The number of methoxy groups -OCH3 is 4. The summed E-state index contributed by atoms with van der Waals surface area (Å²) < 4.78 is 21.2. The molecule has 0 aromatic heterocycles. The van der Waals surface area contributed by atoms with Crippen molar-refractivity contribution in [3.8, 4) is 23.0 Å². The van der Waals surface area contributed by atoms with Gasteiger partial charge in [0.05, 0.1) is 34.2 Å². The van der Waals surface area contributed by atoms with Gasteiger partial charge in [-0.25, -0.2) is 0 Å². The van der Waals surface area contributed by atoms with Crippen LogP contribution in [0.2, 0.25) is 0 Å². The molecule has 0 radical (unpaired) electrons. The lowest BCUT2D eigenvalue weighted by atomic mass is 10.0. The lowest BCUT2D eigenvalue weighted by Gasteiger charge is -2.12. The van der Waals surface area contributed by atoms with Gasteiger partial charge in [-0.15, -0.1) is 0 Å². The van der Waals surface area contributed by atoms with Crippen LogP contribution in [0.4, 0.5) is 0 Å². The first kappa shape index (κ1) is 17.5. The van der Waals surface area contributed by atoms with Gasteiger partial charge in [0.15, 0.2) is 23.0 Å². The second-order valence-electron chi connectivity index (χ2n) is 5.01. The van der Waals surface area contributed by atoms with E-state index in [-0.39, 0.29) is 0 Å². The van der Waals surface area contributed by atoms with E-state index in [0.29, 0.717) is 29.4 Å². The number of ether oxygens (including phenoxy) is 4. The van der Waals surface area contributed by atoms with Crippen LogP contribution in [0.1, 0.15) is 11.1 Å². The van der Waals surface area contributed by atoms with Gasteiger partial charge in [0.2, 0.25) is 0 Å². The SMILES string of the molecule is COc1ccc(C/C(=N/N)c2ccc(OC)c(OC)c2)cc1OC. The van der Waals surface area contributed by atoms with Gasteiger partial charge in [-0.2, -0.15) is 5.10 Å². The predicted molar refractivity (Wildman–Crippen MR) is 93.5 cm³/mol. The molecule has 2 aromatic rings. The number of rotatable bonds is 7. The molecule has 0 aliphatic carbocycles. The van der Waals surface area contributed by atoms with Crippen molar-refractivity contribution < 1.29 is 18.9 Å². The molecule has 2 N–H and O–H groups in total. The van der Waals surface area contributed by atoms with E-state index in [1.807, 2.05) is 36.4 Å². The van der Waals surface area contributed by atoms with Gasteiger partial charge in [0.1, 0.15) is 0 Å². The number of nitrogens with two attached hydrogens (primary N) is 1. The lowest BCUT2D eigenvalue weighted by molar-refractivity contribution is 0.354. The first-order valence-electron chi connectivity index (χ1n) is 7.36. The second kappa shape index (κ2) is 8.10. The fourth-order valence-electron chi connectivity index (χ4n) is 2.42. The maximum atomic E-state index is 5.60. The zero-order valence-electron chi connectivity index (χ0n) is 14.3. The average Bonchev–Trinajstić information content (AvgIpc) is 2.65. The van der Waals surface area contributed by atoms with Gasteiger partial charge >= 0.3 is 0 Å². The molecule has 6 nitrogen and oxygen atoms in total. The van der Waals surface area contributed by atoms with Crippen molar-refractivity contribution in [3.05, 3.63) is 47.5 Å². The minimum atomic E-state index is 0.548. The molecule has 2 rings (SSSR count). The quantitative estimate of drug-likeness (QED) is 0.480. The third-order valence-electron chi connectivity index (χ3n) is 3.69. The van der Waals surface area contributed by atoms with Gasteiger partial charge in [0.25, 0.3) is 0 Å². The average molecular weight is 330 g/mol. The van der Waals surface area contributed by atoms with Crippen molar-refractivity contribution in [2.75, 3.05) is 28.4 Å². The van der Waals surface area contributed by atoms with Gasteiger partial charge in [0, 0.05) is 12.0 Å². The highest BCUT2D eigenvalue weighted by atomic mass is 16.5. The molecule has 2 aromatic carbocycles. The molecule has 0 aliphatic heterocycles. The molecule has 0 bridgehead atoms. The van der Waals surface area contributed by atoms with Crippen LogP contribution in [0.5, 0.6) is 23.0 Å². The Balaban J connectivity index is 2.30. The van der Waals surface area contributed by atoms with E-state index in [1.165, 1.54) is 0 Å². The minimum absolute atomic E-state index is 0.548. The third kappa shape index (κ3) is 3.71. The van der Waals surface area contributed by atoms with Crippen molar-refractivity contribution in [2.24, 2.45) is 10.9 Å². The minimum Gasteiger partial charge on any atom is -0.493 e. The van der Waals surface area contributed by atoms with Crippen LogP contribution in [0.15, 0.2) is 41.5 Å². The van der Waals surface area contributed by atoms with E-state index in [4.69, 9.17) is 24.8 Å². The summed E-state index contributed by atoms with van der Waals surface area (Å²) in [6.45, 7) is 0. The van der Waals surface area contributed by atoms with Gasteiger partial charge in [-0.3, -0.25) is 0 Å². The molecule has 0 heterocycles. The summed E-state index contributed by atoms with van der Waals surface area (Å²) in [5.74, 6) is 8.23. The Hall–Kier alpha value is -2.89. The van der Waals surface area contributed by atoms with Gasteiger partial charge in [-0.05, 0) is 35.9 Å². The number of nitrogens with zero attached hydrogens (tertiary/aromatic N) is 1. The topological polar surface area (TPSA) is 75.3 Å². The van der Waals surface area contributed by atoms with E-state index in [1.54, 1.807) is 28.4 Å². The van der Waals surface area contributed by atoms with E-state index >= 15 is 0 Å². The highest BCUT2D eigenvalue weighted by molar-refractivity contribution is 6.02. The zero-order valence-corrected chi connectivity index (χ0v) is 14.3. The lowest BCUT2D eigenvalue weighted by Crippen LogP contribution is -2.09. The molecule has 0 unspecified atom stereocenters. The Morgan fingerprint density at radius 1 is 0.792 bits per heavy atom. The molecule has 24 heavy (non-hydrogen) atoms. The highest BCUT2D eigenvalue weighted by Crippen LogP contribution is 2.30. The first-order valence-corrected chi connectivity index (χ1v) is 7.36. The van der Waals surface area contributed by atoms with E-state index < -0.39 is 0 Å². The van der Waals surface area contributed by atoms with Crippen LogP contribution in [-0.2, 0) is 6.42 Å². The fraction of sp³-hybridized carbons (Fsp3) is 0.278. The van der Waals surface area contributed by atoms with Crippen molar-refractivity contribution in [1.29, 1.82) is 0 Å². The maximum absolute atomic E-state index is 5.60. The predicted octanol–water partition coefficient (Wildman–Crippen LogP) is 2.63. The number of hydrazone groups is 1. The number of hydrogen-bond donors (Lipinski definition) is 1. The summed E-state index contributed by atoms with van der Waals surface area (Å²) in [4.78, 5) is 0. The van der Waals surface area contributed by atoms with Crippen molar-refractivity contribution in [1.82, 2.24) is 0 Å². The molecule has 128 valence electrons. The number of hydrogen-bond acceptors (Lipinski definition) is 6. The van der Waals surface area contributed by atoms with E-state index in [9.17, 15) is 0 Å². The van der Waals surface area contributed by atoms with Crippen LogP contribution in [-0.4, -0.2) is 34.2 Å². The summed E-state index contributed by atoms with van der Waals surface area (Å²) >= 11 is 0. The van der Waals surface area contributed by atoms with Crippen LogP contribution < -0.4 is 24.8 Å². The normalized spacial score (nSPS) is 11.1. The van der Waals surface area contributed by atoms with Crippen molar-refractivity contribution in [3.63, 3.8) is 0 Å². The van der Waals surface area contributed by atoms with Crippen molar-refractivity contribution >= 4 is 5.71 Å². The Morgan fingerprint density at radius 2 is 1.33 bits per heavy atom. The largest absolute Gasteiger partial charge is 0.493 e. The van der Waals surface area contributed by atoms with E-state index in [0.717, 1.165) is 16.8 Å². The van der Waals surface area contributed by atoms with Crippen LogP contribution in [0.3, 0.4) is 0 Å². The second-order valence-corrected chi connectivity index (χ2v) is 5.01. The van der Waals surface area contributed by atoms with Gasteiger partial charge in [-0.1, -0.05) is 6.07 Å². The molecular weight excluding hydrogens is 308 g/mol. The summed E-state index contributed by atoms with van der Waals surface area (Å²) in [7, 11) is 6.40. The Labute approximate surface area is 141 Å². The van der Waals surface area contributed by atoms with Crippen LogP contribution >= 0.6 is 0 Å². The summed E-state index contributed by atoms with van der Waals surface area (Å²) in [5.41, 5.74) is 2.60.